The maximum Gasteiger partial charge on any atom is 0.0567 e. The van der Waals surface area contributed by atoms with Crippen molar-refractivity contribution in [3.8, 4) is 0 Å². The van der Waals surface area contributed by atoms with Crippen LogP contribution in [0.15, 0.2) is 23.0 Å². The van der Waals surface area contributed by atoms with Crippen LogP contribution >= 0.6 is 11.3 Å². The lowest BCUT2D eigenvalue weighted by Gasteiger charge is -2.28. The maximum absolute atomic E-state index is 4.61. The van der Waals surface area contributed by atoms with Gasteiger partial charge in [0, 0.05) is 24.6 Å². The Hall–Kier alpha value is -1.13. The second kappa shape index (κ2) is 4.21. The van der Waals surface area contributed by atoms with Crippen LogP contribution in [-0.4, -0.2) is 16.3 Å². The van der Waals surface area contributed by atoms with Crippen molar-refractivity contribution in [2.24, 2.45) is 0 Å². The Balaban J connectivity index is 2.05. The zero-order valence-corrected chi connectivity index (χ0v) is 11.9. The Kier molecular flexibility index (Phi) is 2.79. The standard InChI is InChI=1S/C14H19N3S/c1-14(2,3)17-13-8-15-6-11(12(13)7-16-17)10-4-5-18-9-10/h4-5,7,9,11,15H,6,8H2,1-3H3. The molecule has 96 valence electrons. The van der Waals surface area contributed by atoms with Crippen molar-refractivity contribution in [1.29, 1.82) is 0 Å². The van der Waals surface area contributed by atoms with Gasteiger partial charge >= 0.3 is 0 Å². The molecule has 0 aliphatic carbocycles. The summed E-state index contributed by atoms with van der Waals surface area (Å²) in [4.78, 5) is 0. The van der Waals surface area contributed by atoms with Crippen molar-refractivity contribution in [2.45, 2.75) is 38.8 Å². The van der Waals surface area contributed by atoms with Gasteiger partial charge in [0.2, 0.25) is 0 Å². The Morgan fingerprint density at radius 1 is 1.44 bits per heavy atom. The third-order valence-corrected chi connectivity index (χ3v) is 4.20. The fourth-order valence-corrected chi connectivity index (χ4v) is 3.36. The molecule has 2 aromatic rings. The molecule has 0 amide bonds. The summed E-state index contributed by atoms with van der Waals surface area (Å²) in [6.45, 7) is 8.55. The van der Waals surface area contributed by atoms with Crippen LogP contribution in [0.4, 0.5) is 0 Å². The zero-order chi connectivity index (χ0) is 12.8. The summed E-state index contributed by atoms with van der Waals surface area (Å²) >= 11 is 1.77. The van der Waals surface area contributed by atoms with Crippen molar-refractivity contribution in [2.75, 3.05) is 6.54 Å². The summed E-state index contributed by atoms with van der Waals surface area (Å²) in [5.74, 6) is 0.455. The minimum absolute atomic E-state index is 0.0474. The second-order valence-corrected chi connectivity index (χ2v) is 6.65. The van der Waals surface area contributed by atoms with Gasteiger partial charge in [0.15, 0.2) is 0 Å². The summed E-state index contributed by atoms with van der Waals surface area (Å²) < 4.78 is 2.16. The van der Waals surface area contributed by atoms with Crippen molar-refractivity contribution in [1.82, 2.24) is 15.1 Å². The van der Waals surface area contributed by atoms with E-state index >= 15 is 0 Å². The first-order valence-electron chi connectivity index (χ1n) is 6.37. The van der Waals surface area contributed by atoms with Gasteiger partial charge in [-0.3, -0.25) is 4.68 Å². The van der Waals surface area contributed by atoms with E-state index in [4.69, 9.17) is 0 Å². The summed E-state index contributed by atoms with van der Waals surface area (Å²) in [6, 6.07) is 2.22. The first-order chi connectivity index (χ1) is 8.57. The Labute approximate surface area is 112 Å². The number of nitrogens with one attached hydrogen (secondary N) is 1. The third kappa shape index (κ3) is 1.89. The van der Waals surface area contributed by atoms with Crippen LogP contribution < -0.4 is 5.32 Å². The number of aromatic nitrogens is 2. The lowest BCUT2D eigenvalue weighted by molar-refractivity contribution is 0.336. The quantitative estimate of drug-likeness (QED) is 0.855. The molecule has 3 rings (SSSR count). The number of thiophene rings is 1. The summed E-state index contributed by atoms with van der Waals surface area (Å²) in [6.07, 6.45) is 2.06. The van der Waals surface area contributed by atoms with Gasteiger partial charge in [-0.25, -0.2) is 0 Å². The molecule has 0 radical (unpaired) electrons. The van der Waals surface area contributed by atoms with E-state index in [2.05, 4.69) is 58.9 Å². The van der Waals surface area contributed by atoms with Crippen LogP contribution in [0.3, 0.4) is 0 Å². The molecule has 2 aromatic heterocycles. The lowest BCUT2D eigenvalue weighted by Crippen LogP contribution is -2.33. The molecule has 0 aromatic carbocycles. The number of hydrogen-bond donors (Lipinski definition) is 1. The average Bonchev–Trinajstić information content (AvgIpc) is 2.96. The van der Waals surface area contributed by atoms with Gasteiger partial charge in [-0.2, -0.15) is 16.4 Å². The molecule has 3 heterocycles. The van der Waals surface area contributed by atoms with Crippen LogP contribution in [0.1, 0.15) is 43.5 Å². The molecule has 1 N–H and O–H groups in total. The summed E-state index contributed by atoms with van der Waals surface area (Å²) in [5.41, 5.74) is 4.18. The van der Waals surface area contributed by atoms with Crippen LogP contribution in [0.2, 0.25) is 0 Å². The number of fused-ring (bicyclic) bond motifs is 1. The second-order valence-electron chi connectivity index (χ2n) is 5.87. The van der Waals surface area contributed by atoms with E-state index in [-0.39, 0.29) is 5.54 Å². The van der Waals surface area contributed by atoms with Gasteiger partial charge in [0.1, 0.15) is 0 Å². The Morgan fingerprint density at radius 2 is 2.28 bits per heavy atom. The molecule has 0 bridgehead atoms. The molecule has 1 atom stereocenters. The molecule has 1 aliphatic rings. The lowest BCUT2D eigenvalue weighted by atomic mass is 9.90. The molecule has 0 saturated carbocycles. The van der Waals surface area contributed by atoms with Gasteiger partial charge < -0.3 is 5.32 Å². The number of hydrogen-bond acceptors (Lipinski definition) is 3. The van der Waals surface area contributed by atoms with Crippen molar-refractivity contribution in [3.05, 3.63) is 39.8 Å². The van der Waals surface area contributed by atoms with Crippen molar-refractivity contribution < 1.29 is 0 Å². The van der Waals surface area contributed by atoms with Gasteiger partial charge in [0.25, 0.3) is 0 Å². The van der Waals surface area contributed by atoms with Crippen molar-refractivity contribution >= 4 is 11.3 Å². The van der Waals surface area contributed by atoms with E-state index in [1.54, 1.807) is 11.3 Å². The maximum atomic E-state index is 4.61. The van der Waals surface area contributed by atoms with Crippen LogP contribution in [0.5, 0.6) is 0 Å². The molecule has 0 saturated heterocycles. The van der Waals surface area contributed by atoms with Gasteiger partial charge in [-0.05, 0) is 43.2 Å². The van der Waals surface area contributed by atoms with E-state index in [1.807, 2.05) is 0 Å². The topological polar surface area (TPSA) is 29.9 Å². The molecule has 1 unspecified atom stereocenters. The predicted molar refractivity (Wildman–Crippen MR) is 75.1 cm³/mol. The fraction of sp³-hybridized carbons (Fsp3) is 0.500. The zero-order valence-electron chi connectivity index (χ0n) is 11.1. The van der Waals surface area contributed by atoms with Crippen LogP contribution in [0, 0.1) is 0 Å². The highest BCUT2D eigenvalue weighted by Crippen LogP contribution is 2.32. The van der Waals surface area contributed by atoms with E-state index < -0.39 is 0 Å². The molecule has 18 heavy (non-hydrogen) atoms. The SMILES string of the molecule is CC(C)(C)n1ncc2c1CNCC2c1ccsc1. The molecular weight excluding hydrogens is 242 g/mol. The average molecular weight is 261 g/mol. The first kappa shape index (κ1) is 11.9. The Bertz CT molecular complexity index is 534. The van der Waals surface area contributed by atoms with Gasteiger partial charge in [0.05, 0.1) is 17.4 Å². The van der Waals surface area contributed by atoms with Gasteiger partial charge in [-0.1, -0.05) is 0 Å². The van der Waals surface area contributed by atoms with Gasteiger partial charge in [-0.15, -0.1) is 0 Å². The van der Waals surface area contributed by atoms with E-state index in [0.29, 0.717) is 5.92 Å². The third-order valence-electron chi connectivity index (χ3n) is 3.50. The fourth-order valence-electron chi connectivity index (χ4n) is 2.65. The van der Waals surface area contributed by atoms with Crippen LogP contribution in [0.25, 0.3) is 0 Å². The van der Waals surface area contributed by atoms with Crippen molar-refractivity contribution in [3.63, 3.8) is 0 Å². The Morgan fingerprint density at radius 3 is 2.94 bits per heavy atom. The molecule has 1 aliphatic heterocycles. The monoisotopic (exact) mass is 261 g/mol. The minimum atomic E-state index is 0.0474. The summed E-state index contributed by atoms with van der Waals surface area (Å²) in [5, 5.41) is 12.5. The largest absolute Gasteiger partial charge is 0.310 e. The smallest absolute Gasteiger partial charge is 0.0567 e. The molecule has 0 spiro atoms. The molecular formula is C14H19N3S. The summed E-state index contributed by atoms with van der Waals surface area (Å²) in [7, 11) is 0. The normalized spacial score (nSPS) is 19.8. The minimum Gasteiger partial charge on any atom is -0.310 e. The molecule has 0 fully saturated rings. The highest BCUT2D eigenvalue weighted by atomic mass is 32.1. The number of rotatable bonds is 1. The van der Waals surface area contributed by atoms with Crippen LogP contribution in [-0.2, 0) is 12.1 Å². The van der Waals surface area contributed by atoms with E-state index in [9.17, 15) is 0 Å². The number of nitrogens with zero attached hydrogens (tertiary/aromatic N) is 2. The highest BCUT2D eigenvalue weighted by Gasteiger charge is 2.28. The predicted octanol–water partition coefficient (Wildman–Crippen LogP) is 2.93. The molecule has 3 nitrogen and oxygen atoms in total. The van der Waals surface area contributed by atoms with E-state index in [1.165, 1.54) is 16.8 Å². The first-order valence-corrected chi connectivity index (χ1v) is 7.32. The highest BCUT2D eigenvalue weighted by molar-refractivity contribution is 7.08. The molecule has 4 heteroatoms. The van der Waals surface area contributed by atoms with E-state index in [0.717, 1.165) is 13.1 Å².